The molecule has 0 spiro atoms. The van der Waals surface area contributed by atoms with Crippen LogP contribution in [0.25, 0.3) is 16.8 Å². The standard InChI is InChI=1S/C11H8F3N5O/c1-2-20-9-8-17-18-10(11(12,13)14)19(8)7-6(16-9)4-3-5-15-7/h3-5H,2H2,1H3. The van der Waals surface area contributed by atoms with E-state index < -0.39 is 12.0 Å². The fraction of sp³-hybridized carbons (Fsp3) is 0.273. The van der Waals surface area contributed by atoms with Gasteiger partial charge in [-0.3, -0.25) is 0 Å². The summed E-state index contributed by atoms with van der Waals surface area (Å²) in [6, 6.07) is 3.12. The SMILES string of the molecule is CCOc1nc2cccnc2n2c(C(F)(F)F)nnc12. The molecular weight excluding hydrogens is 275 g/mol. The van der Waals surface area contributed by atoms with Crippen LogP contribution in [0, 0.1) is 0 Å². The molecule has 0 N–H and O–H groups in total. The van der Waals surface area contributed by atoms with Gasteiger partial charge in [0.15, 0.2) is 5.65 Å². The van der Waals surface area contributed by atoms with Crippen molar-refractivity contribution in [3.05, 3.63) is 24.2 Å². The first-order chi connectivity index (χ1) is 9.52. The van der Waals surface area contributed by atoms with E-state index in [-0.39, 0.29) is 29.3 Å². The molecule has 0 radical (unpaired) electrons. The summed E-state index contributed by atoms with van der Waals surface area (Å²) in [6.45, 7) is 1.95. The van der Waals surface area contributed by atoms with Crippen molar-refractivity contribution >= 4 is 16.8 Å². The normalized spacial score (nSPS) is 12.2. The fourth-order valence-electron chi connectivity index (χ4n) is 1.85. The number of hydrogen-bond acceptors (Lipinski definition) is 5. The Labute approximate surface area is 110 Å². The maximum atomic E-state index is 13.0. The monoisotopic (exact) mass is 283 g/mol. The summed E-state index contributed by atoms with van der Waals surface area (Å²) in [5, 5.41) is 6.71. The van der Waals surface area contributed by atoms with Gasteiger partial charge in [-0.05, 0) is 19.1 Å². The minimum Gasteiger partial charge on any atom is -0.475 e. The molecule has 0 bridgehead atoms. The van der Waals surface area contributed by atoms with Crippen molar-refractivity contribution in [3.8, 4) is 5.88 Å². The molecule has 0 amide bonds. The highest BCUT2D eigenvalue weighted by molar-refractivity contribution is 5.75. The Morgan fingerprint density at radius 2 is 2.05 bits per heavy atom. The summed E-state index contributed by atoms with van der Waals surface area (Å²) < 4.78 is 45.0. The van der Waals surface area contributed by atoms with E-state index in [1.54, 1.807) is 19.1 Å². The average Bonchev–Trinajstić information content (AvgIpc) is 2.84. The Morgan fingerprint density at radius 1 is 1.25 bits per heavy atom. The molecule has 9 heteroatoms. The molecule has 104 valence electrons. The van der Waals surface area contributed by atoms with Gasteiger partial charge in [0.1, 0.15) is 5.52 Å². The molecule has 6 nitrogen and oxygen atoms in total. The van der Waals surface area contributed by atoms with E-state index in [9.17, 15) is 13.2 Å². The minimum atomic E-state index is -4.64. The Morgan fingerprint density at radius 3 is 2.75 bits per heavy atom. The Hall–Kier alpha value is -2.45. The zero-order valence-corrected chi connectivity index (χ0v) is 10.2. The number of aromatic nitrogens is 5. The molecule has 0 aromatic carbocycles. The third kappa shape index (κ3) is 1.82. The van der Waals surface area contributed by atoms with Crippen molar-refractivity contribution in [2.75, 3.05) is 6.61 Å². The first-order valence-electron chi connectivity index (χ1n) is 5.72. The summed E-state index contributed by atoms with van der Waals surface area (Å²) in [7, 11) is 0. The van der Waals surface area contributed by atoms with Crippen LogP contribution in [0.2, 0.25) is 0 Å². The van der Waals surface area contributed by atoms with Crippen molar-refractivity contribution in [2.24, 2.45) is 0 Å². The lowest BCUT2D eigenvalue weighted by Crippen LogP contribution is -2.12. The zero-order chi connectivity index (χ0) is 14.3. The quantitative estimate of drug-likeness (QED) is 0.720. The van der Waals surface area contributed by atoms with Crippen molar-refractivity contribution in [1.82, 2.24) is 24.6 Å². The van der Waals surface area contributed by atoms with Crippen molar-refractivity contribution < 1.29 is 17.9 Å². The first kappa shape index (κ1) is 12.6. The highest BCUT2D eigenvalue weighted by atomic mass is 19.4. The number of hydrogen-bond donors (Lipinski definition) is 0. The lowest BCUT2D eigenvalue weighted by Gasteiger charge is -2.08. The van der Waals surface area contributed by atoms with Crippen molar-refractivity contribution in [3.63, 3.8) is 0 Å². The predicted octanol–water partition coefficient (Wildman–Crippen LogP) is 2.09. The third-order valence-corrected chi connectivity index (χ3v) is 2.59. The third-order valence-electron chi connectivity index (χ3n) is 2.59. The minimum absolute atomic E-state index is 0.00370. The number of ether oxygens (including phenoxy) is 1. The molecule has 3 aromatic rings. The molecule has 0 aliphatic rings. The summed E-state index contributed by atoms with van der Waals surface area (Å²) in [6.07, 6.45) is -3.27. The van der Waals surface area contributed by atoms with Gasteiger partial charge in [-0.1, -0.05) is 0 Å². The second kappa shape index (κ2) is 4.29. The van der Waals surface area contributed by atoms with Crippen molar-refractivity contribution in [1.29, 1.82) is 0 Å². The number of pyridine rings is 1. The van der Waals surface area contributed by atoms with Gasteiger partial charge in [-0.2, -0.15) is 13.2 Å². The fourth-order valence-corrected chi connectivity index (χ4v) is 1.85. The molecule has 0 aliphatic carbocycles. The molecule has 0 aliphatic heterocycles. The van der Waals surface area contributed by atoms with Gasteiger partial charge < -0.3 is 4.74 Å². The lowest BCUT2D eigenvalue weighted by molar-refractivity contribution is -0.145. The van der Waals surface area contributed by atoms with Gasteiger partial charge in [0.2, 0.25) is 11.5 Å². The molecule has 0 unspecified atom stereocenters. The van der Waals surface area contributed by atoms with Gasteiger partial charge in [0.25, 0.3) is 5.88 Å². The average molecular weight is 283 g/mol. The van der Waals surface area contributed by atoms with Crippen molar-refractivity contribution in [2.45, 2.75) is 13.1 Å². The lowest BCUT2D eigenvalue weighted by atomic mass is 10.4. The number of halogens is 3. The van der Waals surface area contributed by atoms with Crippen LogP contribution in [0.4, 0.5) is 13.2 Å². The molecular formula is C11H8F3N5O. The van der Waals surface area contributed by atoms with E-state index in [4.69, 9.17) is 4.74 Å². The maximum Gasteiger partial charge on any atom is 0.452 e. The van der Waals surface area contributed by atoms with Crippen LogP contribution < -0.4 is 4.74 Å². The maximum absolute atomic E-state index is 13.0. The summed E-state index contributed by atoms with van der Waals surface area (Å²) in [4.78, 5) is 8.03. The molecule has 0 fully saturated rings. The number of alkyl halides is 3. The molecule has 3 rings (SSSR count). The smallest absolute Gasteiger partial charge is 0.452 e. The van der Waals surface area contributed by atoms with E-state index in [2.05, 4.69) is 20.2 Å². The molecule has 0 atom stereocenters. The summed E-state index contributed by atoms with van der Waals surface area (Å²) in [5.74, 6) is -1.16. The molecule has 20 heavy (non-hydrogen) atoms. The summed E-state index contributed by atoms with van der Waals surface area (Å²) in [5.41, 5.74) is 0.197. The number of rotatable bonds is 2. The van der Waals surface area contributed by atoms with Crippen LogP contribution in [-0.2, 0) is 6.18 Å². The van der Waals surface area contributed by atoms with Crippen LogP contribution in [0.3, 0.4) is 0 Å². The van der Waals surface area contributed by atoms with Crippen LogP contribution in [0.1, 0.15) is 12.7 Å². The van der Waals surface area contributed by atoms with E-state index in [0.717, 1.165) is 4.40 Å². The summed E-state index contributed by atoms with van der Waals surface area (Å²) >= 11 is 0. The Kier molecular flexibility index (Phi) is 2.70. The molecule has 3 aromatic heterocycles. The van der Waals surface area contributed by atoms with Gasteiger partial charge in [0, 0.05) is 6.20 Å². The number of nitrogens with zero attached hydrogens (tertiary/aromatic N) is 5. The Bertz CT molecular complexity index is 783. The van der Waals surface area contributed by atoms with E-state index in [1.807, 2.05) is 0 Å². The second-order valence-electron chi connectivity index (χ2n) is 3.88. The first-order valence-corrected chi connectivity index (χ1v) is 5.72. The van der Waals surface area contributed by atoms with Crippen LogP contribution >= 0.6 is 0 Å². The highest BCUT2D eigenvalue weighted by Crippen LogP contribution is 2.31. The van der Waals surface area contributed by atoms with Crippen LogP contribution in [0.15, 0.2) is 18.3 Å². The zero-order valence-electron chi connectivity index (χ0n) is 10.2. The van der Waals surface area contributed by atoms with E-state index >= 15 is 0 Å². The van der Waals surface area contributed by atoms with Crippen LogP contribution in [0.5, 0.6) is 5.88 Å². The van der Waals surface area contributed by atoms with Crippen LogP contribution in [-0.4, -0.2) is 31.2 Å². The largest absolute Gasteiger partial charge is 0.475 e. The second-order valence-corrected chi connectivity index (χ2v) is 3.88. The van der Waals surface area contributed by atoms with Gasteiger partial charge in [-0.15, -0.1) is 10.2 Å². The van der Waals surface area contributed by atoms with Gasteiger partial charge in [-0.25, -0.2) is 14.4 Å². The highest BCUT2D eigenvalue weighted by Gasteiger charge is 2.38. The molecule has 0 saturated carbocycles. The van der Waals surface area contributed by atoms with Gasteiger partial charge >= 0.3 is 6.18 Å². The Balaban J connectivity index is 2.46. The number of fused-ring (bicyclic) bond motifs is 3. The predicted molar refractivity (Wildman–Crippen MR) is 62.3 cm³/mol. The van der Waals surface area contributed by atoms with E-state index in [1.165, 1.54) is 6.20 Å². The topological polar surface area (TPSA) is 65.2 Å². The molecule has 0 saturated heterocycles. The van der Waals surface area contributed by atoms with Gasteiger partial charge in [0.05, 0.1) is 6.61 Å². The molecule has 3 heterocycles. The van der Waals surface area contributed by atoms with E-state index in [0.29, 0.717) is 0 Å².